The van der Waals surface area contributed by atoms with E-state index in [2.05, 4.69) is 29.1 Å². The summed E-state index contributed by atoms with van der Waals surface area (Å²) in [5.41, 5.74) is 0. The van der Waals surface area contributed by atoms with Crippen molar-refractivity contribution < 1.29 is 0 Å². The highest BCUT2D eigenvalue weighted by Gasteiger charge is 2.05. The van der Waals surface area contributed by atoms with E-state index in [1.807, 2.05) is 0 Å². The lowest BCUT2D eigenvalue weighted by Crippen LogP contribution is -2.01. The Balaban J connectivity index is 3.07. The number of hydrogen-bond acceptors (Lipinski definition) is 0. The standard InChI is InChI=1S/C12H26BrSi/c1-3-5-7-9-11-14(13)12-10-8-6-4-2/h3-12H2,1-2H3. The van der Waals surface area contributed by atoms with Crippen LogP contribution in [0, 0.1) is 0 Å². The first-order chi connectivity index (χ1) is 6.81. The van der Waals surface area contributed by atoms with Gasteiger partial charge in [0.25, 0.3) is 0 Å². The first-order valence-electron chi connectivity index (χ1n) is 6.31. The summed E-state index contributed by atoms with van der Waals surface area (Å²) >= 11 is 3.88. The van der Waals surface area contributed by atoms with Gasteiger partial charge in [-0.25, -0.2) is 0 Å². The molecule has 0 heterocycles. The minimum atomic E-state index is -0.138. The first kappa shape index (κ1) is 14.7. The Labute approximate surface area is 100 Å². The fourth-order valence-electron chi connectivity index (χ4n) is 1.61. The van der Waals surface area contributed by atoms with Crippen LogP contribution in [-0.2, 0) is 0 Å². The summed E-state index contributed by atoms with van der Waals surface area (Å²) in [5.74, 6) is 0. The van der Waals surface area contributed by atoms with E-state index in [0.717, 1.165) is 0 Å². The molecular weight excluding hydrogens is 252 g/mol. The van der Waals surface area contributed by atoms with Gasteiger partial charge in [-0.3, -0.25) is 0 Å². The van der Waals surface area contributed by atoms with Crippen molar-refractivity contribution in [3.05, 3.63) is 0 Å². The van der Waals surface area contributed by atoms with E-state index in [0.29, 0.717) is 0 Å². The Hall–Kier alpha value is 0.697. The van der Waals surface area contributed by atoms with Crippen LogP contribution in [0.1, 0.15) is 65.2 Å². The molecule has 0 saturated carbocycles. The fourth-order valence-corrected chi connectivity index (χ4v) is 4.81. The summed E-state index contributed by atoms with van der Waals surface area (Å²) < 4.78 is 0. The highest BCUT2D eigenvalue weighted by atomic mass is 79.9. The van der Waals surface area contributed by atoms with Crippen molar-refractivity contribution in [3.63, 3.8) is 0 Å². The van der Waals surface area contributed by atoms with Gasteiger partial charge in [0, 0.05) is 0 Å². The van der Waals surface area contributed by atoms with Gasteiger partial charge in [-0.05, 0) is 12.1 Å². The van der Waals surface area contributed by atoms with Crippen molar-refractivity contribution in [1.29, 1.82) is 0 Å². The summed E-state index contributed by atoms with van der Waals surface area (Å²) in [6.45, 7) is 4.56. The molecule has 0 bridgehead atoms. The van der Waals surface area contributed by atoms with E-state index >= 15 is 0 Å². The normalized spacial score (nSPS) is 11.1. The van der Waals surface area contributed by atoms with Gasteiger partial charge in [0.15, 0.2) is 0 Å². The number of unbranched alkanes of at least 4 members (excludes halogenated alkanes) is 6. The molecule has 0 aromatic rings. The van der Waals surface area contributed by atoms with Crippen molar-refractivity contribution in [2.45, 2.75) is 77.3 Å². The largest absolute Gasteiger partial charge is 0.135 e. The van der Waals surface area contributed by atoms with E-state index in [-0.39, 0.29) is 7.42 Å². The summed E-state index contributed by atoms with van der Waals surface area (Å²) in [4.78, 5) is 0. The third-order valence-electron chi connectivity index (χ3n) is 2.60. The Morgan fingerprint density at radius 2 is 1.14 bits per heavy atom. The average Bonchev–Trinajstić information content (AvgIpc) is 2.19. The topological polar surface area (TPSA) is 0 Å². The van der Waals surface area contributed by atoms with Crippen molar-refractivity contribution in [2.24, 2.45) is 0 Å². The molecule has 1 radical (unpaired) electrons. The van der Waals surface area contributed by atoms with Gasteiger partial charge in [-0.1, -0.05) is 65.2 Å². The molecule has 0 saturated heterocycles. The maximum Gasteiger partial charge on any atom is 0.135 e. The van der Waals surface area contributed by atoms with Crippen LogP contribution in [-0.4, -0.2) is 7.42 Å². The molecule has 0 N–H and O–H groups in total. The molecule has 0 aliphatic carbocycles. The smallest absolute Gasteiger partial charge is 0.129 e. The molecule has 0 spiro atoms. The number of halogens is 1. The summed E-state index contributed by atoms with van der Waals surface area (Å²) in [5, 5.41) is 0. The van der Waals surface area contributed by atoms with Crippen LogP contribution in [0.4, 0.5) is 0 Å². The van der Waals surface area contributed by atoms with Crippen molar-refractivity contribution in [3.8, 4) is 0 Å². The number of hydrogen-bond donors (Lipinski definition) is 0. The van der Waals surface area contributed by atoms with Crippen LogP contribution >= 0.6 is 15.3 Å². The minimum Gasteiger partial charge on any atom is -0.129 e. The van der Waals surface area contributed by atoms with E-state index in [1.54, 1.807) is 0 Å². The first-order valence-corrected chi connectivity index (χ1v) is 10.5. The van der Waals surface area contributed by atoms with Crippen LogP contribution in [0.25, 0.3) is 0 Å². The van der Waals surface area contributed by atoms with Gasteiger partial charge in [0.1, 0.15) is 7.42 Å². The van der Waals surface area contributed by atoms with E-state index < -0.39 is 0 Å². The van der Waals surface area contributed by atoms with Crippen LogP contribution in [0.15, 0.2) is 0 Å². The second-order valence-electron chi connectivity index (χ2n) is 4.14. The molecule has 85 valence electrons. The molecule has 0 amide bonds. The highest BCUT2D eigenvalue weighted by Crippen LogP contribution is 2.16. The SMILES string of the molecule is CCCCCC[Si](Br)CCCCCC. The van der Waals surface area contributed by atoms with Gasteiger partial charge in [-0.2, -0.15) is 0 Å². The van der Waals surface area contributed by atoms with Crippen molar-refractivity contribution in [2.75, 3.05) is 0 Å². The van der Waals surface area contributed by atoms with Gasteiger partial charge in [0.2, 0.25) is 0 Å². The third kappa shape index (κ3) is 10.8. The predicted molar refractivity (Wildman–Crippen MR) is 72.6 cm³/mol. The van der Waals surface area contributed by atoms with Crippen LogP contribution < -0.4 is 0 Å². The Bertz CT molecular complexity index is 94.5. The maximum absolute atomic E-state index is 3.88. The summed E-state index contributed by atoms with van der Waals surface area (Å²) in [6.07, 6.45) is 11.4. The van der Waals surface area contributed by atoms with E-state index in [9.17, 15) is 0 Å². The Morgan fingerprint density at radius 1 is 0.714 bits per heavy atom. The van der Waals surface area contributed by atoms with Gasteiger partial charge in [0.05, 0.1) is 0 Å². The highest BCUT2D eigenvalue weighted by molar-refractivity contribution is 9.24. The molecule has 0 aromatic heterocycles. The second kappa shape index (κ2) is 11.8. The quantitative estimate of drug-likeness (QED) is 0.280. The zero-order valence-corrected chi connectivity index (χ0v) is 12.5. The molecule has 0 nitrogen and oxygen atoms in total. The zero-order valence-electron chi connectivity index (χ0n) is 9.95. The van der Waals surface area contributed by atoms with Crippen LogP contribution in [0.2, 0.25) is 12.1 Å². The van der Waals surface area contributed by atoms with Gasteiger partial charge in [-0.15, -0.1) is 15.3 Å². The Morgan fingerprint density at radius 3 is 1.50 bits per heavy atom. The van der Waals surface area contributed by atoms with Gasteiger partial charge < -0.3 is 0 Å². The molecule has 0 unspecified atom stereocenters. The van der Waals surface area contributed by atoms with Crippen LogP contribution in [0.5, 0.6) is 0 Å². The lowest BCUT2D eigenvalue weighted by atomic mass is 10.2. The molecule has 0 aromatic carbocycles. The fraction of sp³-hybridized carbons (Fsp3) is 1.00. The molecule has 14 heavy (non-hydrogen) atoms. The molecule has 0 aliphatic heterocycles. The average molecular weight is 278 g/mol. The molecule has 0 fully saturated rings. The molecular formula is C12H26BrSi. The third-order valence-corrected chi connectivity index (χ3v) is 6.77. The van der Waals surface area contributed by atoms with E-state index in [4.69, 9.17) is 0 Å². The van der Waals surface area contributed by atoms with Crippen molar-refractivity contribution >= 4 is 22.7 Å². The lowest BCUT2D eigenvalue weighted by Gasteiger charge is -2.06. The zero-order chi connectivity index (χ0) is 10.6. The Kier molecular flexibility index (Phi) is 12.4. The van der Waals surface area contributed by atoms with Gasteiger partial charge >= 0.3 is 0 Å². The number of rotatable bonds is 10. The minimum absolute atomic E-state index is 0.138. The molecule has 0 rings (SSSR count). The second-order valence-corrected chi connectivity index (χ2v) is 9.54. The van der Waals surface area contributed by atoms with Crippen LogP contribution in [0.3, 0.4) is 0 Å². The maximum atomic E-state index is 3.88. The van der Waals surface area contributed by atoms with E-state index in [1.165, 1.54) is 63.5 Å². The molecule has 0 aliphatic rings. The predicted octanol–water partition coefficient (Wildman–Crippen LogP) is 5.53. The molecule has 2 heteroatoms. The molecule has 0 atom stereocenters. The monoisotopic (exact) mass is 277 g/mol. The summed E-state index contributed by atoms with van der Waals surface area (Å²) in [6, 6.07) is 2.97. The van der Waals surface area contributed by atoms with Crippen molar-refractivity contribution in [1.82, 2.24) is 0 Å². The summed E-state index contributed by atoms with van der Waals surface area (Å²) in [7, 11) is -0.138. The lowest BCUT2D eigenvalue weighted by molar-refractivity contribution is 0.688.